The molecule has 0 bridgehead atoms. The minimum absolute atomic E-state index is 0.226. The van der Waals surface area contributed by atoms with Gasteiger partial charge in [-0.2, -0.15) is 0 Å². The minimum Gasteiger partial charge on any atom is -0.508 e. The molecule has 0 unspecified atom stereocenters. The highest BCUT2D eigenvalue weighted by atomic mass is 32.2. The number of phenolic OH excluding ortho intramolecular Hbond substituents is 1. The van der Waals surface area contributed by atoms with E-state index in [-0.39, 0.29) is 5.75 Å². The molecule has 3 heterocycles. The molecule has 1 aliphatic heterocycles. The average molecular weight is 521 g/mol. The van der Waals surface area contributed by atoms with Crippen molar-refractivity contribution in [1.29, 1.82) is 0 Å². The monoisotopic (exact) mass is 520 g/mol. The van der Waals surface area contributed by atoms with Crippen LogP contribution in [0.25, 0.3) is 21.6 Å². The Morgan fingerprint density at radius 1 is 1.09 bits per heavy atom. The number of aromatic nitrogens is 2. The van der Waals surface area contributed by atoms with Gasteiger partial charge in [0.05, 0.1) is 29.7 Å². The molecule has 1 saturated heterocycles. The van der Waals surface area contributed by atoms with E-state index >= 15 is 0 Å². The number of ether oxygens (including phenoxy) is 1. The number of phenols is 1. The second-order valence-corrected chi connectivity index (χ2v) is 11.6. The highest BCUT2D eigenvalue weighted by Crippen LogP contribution is 2.35. The summed E-state index contributed by atoms with van der Waals surface area (Å²) in [6, 6.07) is 9.26. The Morgan fingerprint density at radius 2 is 1.77 bits per heavy atom. The second kappa shape index (κ2) is 12.6. The molecule has 0 amide bonds. The van der Waals surface area contributed by atoms with Crippen LogP contribution >= 0.6 is 11.3 Å². The highest BCUT2D eigenvalue weighted by Gasteiger charge is 2.20. The number of benzene rings is 1. The zero-order valence-electron chi connectivity index (χ0n) is 21.0. The number of fused-ring (bicyclic) bond motifs is 1. The van der Waals surface area contributed by atoms with Gasteiger partial charge in [-0.15, -0.1) is 11.3 Å². The number of thiophene rings is 1. The normalized spacial score (nSPS) is 14.3. The second-order valence-electron chi connectivity index (χ2n) is 8.46. The molecule has 0 aliphatic carbocycles. The van der Waals surface area contributed by atoms with Crippen molar-refractivity contribution in [2.24, 2.45) is 0 Å². The molecule has 8 nitrogen and oxygen atoms in total. The van der Waals surface area contributed by atoms with Crippen LogP contribution in [0.3, 0.4) is 0 Å². The third-order valence-electron chi connectivity index (χ3n) is 5.58. The molecule has 0 radical (unpaired) electrons. The van der Waals surface area contributed by atoms with Crippen LogP contribution in [-0.4, -0.2) is 73.4 Å². The number of sulfonamides is 1. The van der Waals surface area contributed by atoms with Crippen LogP contribution in [0.2, 0.25) is 0 Å². The Hall–Kier alpha value is -2.27. The minimum atomic E-state index is -2.96. The van der Waals surface area contributed by atoms with Crippen molar-refractivity contribution in [1.82, 2.24) is 14.3 Å². The van der Waals surface area contributed by atoms with Crippen LogP contribution in [0, 0.1) is 0 Å². The summed E-state index contributed by atoms with van der Waals surface area (Å²) in [4.78, 5) is 13.2. The zero-order valence-corrected chi connectivity index (χ0v) is 22.7. The Bertz CT molecular complexity index is 1200. The van der Waals surface area contributed by atoms with Gasteiger partial charge in [0.2, 0.25) is 10.0 Å². The van der Waals surface area contributed by atoms with Crippen molar-refractivity contribution < 1.29 is 18.3 Å². The van der Waals surface area contributed by atoms with E-state index in [2.05, 4.69) is 17.9 Å². The molecule has 1 aliphatic rings. The van der Waals surface area contributed by atoms with E-state index in [4.69, 9.17) is 14.7 Å². The summed E-state index contributed by atoms with van der Waals surface area (Å²) in [7, 11) is -2.96. The summed E-state index contributed by atoms with van der Waals surface area (Å²) >= 11 is 1.77. The van der Waals surface area contributed by atoms with Gasteiger partial charge >= 0.3 is 0 Å². The lowest BCUT2D eigenvalue weighted by Gasteiger charge is -2.28. The summed E-state index contributed by atoms with van der Waals surface area (Å²) in [5, 5.41) is 9.77. The summed E-state index contributed by atoms with van der Waals surface area (Å²) < 4.78 is 30.2. The first-order valence-corrected chi connectivity index (χ1v) is 14.8. The average Bonchev–Trinajstić information content (AvgIpc) is 3.27. The van der Waals surface area contributed by atoms with Gasteiger partial charge in [-0.05, 0) is 37.5 Å². The summed E-state index contributed by atoms with van der Waals surface area (Å²) in [5.41, 5.74) is 1.81. The first-order valence-electron chi connectivity index (χ1n) is 12.1. The number of aryl methyl sites for hydroxylation is 1. The molecule has 0 saturated carbocycles. The summed E-state index contributed by atoms with van der Waals surface area (Å²) in [5.74, 6) is 1.86. The number of aromatic hydroxyl groups is 1. The molecule has 192 valence electrons. The van der Waals surface area contributed by atoms with Crippen LogP contribution < -0.4 is 4.90 Å². The van der Waals surface area contributed by atoms with Crippen LogP contribution in [0.15, 0.2) is 30.3 Å². The molecule has 4 rings (SSSR count). The third-order valence-corrected chi connectivity index (χ3v) is 8.15. The quantitative estimate of drug-likeness (QED) is 0.466. The summed E-state index contributed by atoms with van der Waals surface area (Å²) in [6.07, 6.45) is 4.02. The lowest BCUT2D eigenvalue weighted by molar-refractivity contribution is 0.122. The molecule has 1 fully saturated rings. The van der Waals surface area contributed by atoms with Gasteiger partial charge in [0.15, 0.2) is 11.6 Å². The Balaban J connectivity index is 0.000000266. The lowest BCUT2D eigenvalue weighted by atomic mass is 10.2. The van der Waals surface area contributed by atoms with E-state index in [0.717, 1.165) is 67.2 Å². The van der Waals surface area contributed by atoms with Crippen molar-refractivity contribution in [2.45, 2.75) is 40.0 Å². The Labute approximate surface area is 212 Å². The highest BCUT2D eigenvalue weighted by molar-refractivity contribution is 7.88. The predicted octanol–water partition coefficient (Wildman–Crippen LogP) is 4.53. The molecule has 1 aromatic carbocycles. The first-order chi connectivity index (χ1) is 16.8. The van der Waals surface area contributed by atoms with E-state index in [1.165, 1.54) is 15.4 Å². The standard InChI is InChI=1S/C18H19N3O2S.C7H17NO2S/c1-2-14-11-15-16(24-14)18(21-6-8-23-9-7-21)20-17(19-15)12-4-3-5-13(22)10-12;1-4-6-8(7-5-2)11(3,9)10/h3-5,10-11,22H,2,6-9H2,1H3;4-7H2,1-3H3. The molecule has 1 N–H and O–H groups in total. The van der Waals surface area contributed by atoms with Gasteiger partial charge in [-0.3, -0.25) is 0 Å². The number of hydrogen-bond donors (Lipinski definition) is 1. The van der Waals surface area contributed by atoms with E-state index in [9.17, 15) is 13.5 Å². The number of hydrogen-bond acceptors (Lipinski definition) is 8. The fourth-order valence-corrected chi connectivity index (χ4v) is 5.93. The van der Waals surface area contributed by atoms with Crippen molar-refractivity contribution >= 4 is 37.4 Å². The number of anilines is 1. The molecule has 0 spiro atoms. The van der Waals surface area contributed by atoms with Gasteiger partial charge < -0.3 is 14.7 Å². The molecule has 3 aromatic rings. The van der Waals surface area contributed by atoms with Gasteiger partial charge in [-0.25, -0.2) is 22.7 Å². The lowest BCUT2D eigenvalue weighted by Crippen LogP contribution is -2.36. The Kier molecular flexibility index (Phi) is 9.85. The number of rotatable bonds is 8. The summed E-state index contributed by atoms with van der Waals surface area (Å²) in [6.45, 7) is 10.5. The zero-order chi connectivity index (χ0) is 25.4. The van der Waals surface area contributed by atoms with Gasteiger partial charge in [0, 0.05) is 36.6 Å². The smallest absolute Gasteiger partial charge is 0.211 e. The van der Waals surface area contributed by atoms with Gasteiger partial charge in [-0.1, -0.05) is 32.9 Å². The molecular weight excluding hydrogens is 484 g/mol. The van der Waals surface area contributed by atoms with E-state index in [0.29, 0.717) is 18.9 Å². The van der Waals surface area contributed by atoms with E-state index in [1.54, 1.807) is 23.5 Å². The molecule has 0 atom stereocenters. The van der Waals surface area contributed by atoms with Crippen molar-refractivity contribution in [3.05, 3.63) is 35.2 Å². The fraction of sp³-hybridized carbons (Fsp3) is 0.520. The van der Waals surface area contributed by atoms with E-state index < -0.39 is 10.0 Å². The van der Waals surface area contributed by atoms with Crippen LogP contribution in [0.1, 0.15) is 38.5 Å². The topological polar surface area (TPSA) is 95.9 Å². The van der Waals surface area contributed by atoms with Crippen molar-refractivity contribution in [2.75, 3.05) is 50.5 Å². The maximum atomic E-state index is 11.0. The predicted molar refractivity (Wildman–Crippen MR) is 144 cm³/mol. The largest absolute Gasteiger partial charge is 0.508 e. The van der Waals surface area contributed by atoms with Crippen molar-refractivity contribution in [3.8, 4) is 17.1 Å². The van der Waals surface area contributed by atoms with Crippen molar-refractivity contribution in [3.63, 3.8) is 0 Å². The number of morpholine rings is 1. The SMILES string of the molecule is CCCN(CCC)S(C)(=O)=O.CCc1cc2nc(-c3cccc(O)c3)nc(N3CCOCC3)c2s1. The van der Waals surface area contributed by atoms with Crippen LogP contribution in [-0.2, 0) is 21.2 Å². The molecule has 35 heavy (non-hydrogen) atoms. The maximum Gasteiger partial charge on any atom is 0.211 e. The van der Waals surface area contributed by atoms with Crippen LogP contribution in [0.4, 0.5) is 5.82 Å². The maximum absolute atomic E-state index is 11.0. The van der Waals surface area contributed by atoms with E-state index in [1.807, 2.05) is 26.0 Å². The number of nitrogens with zero attached hydrogens (tertiary/aromatic N) is 4. The molecule has 2 aromatic heterocycles. The Morgan fingerprint density at radius 3 is 2.34 bits per heavy atom. The van der Waals surface area contributed by atoms with Crippen LogP contribution in [0.5, 0.6) is 5.75 Å². The molecule has 10 heteroatoms. The first kappa shape index (κ1) is 27.3. The molecular formula is C25H36N4O4S2. The van der Waals surface area contributed by atoms with Gasteiger partial charge in [0.1, 0.15) is 5.75 Å². The van der Waals surface area contributed by atoms with Gasteiger partial charge in [0.25, 0.3) is 0 Å². The third kappa shape index (κ3) is 7.36. The fourth-order valence-electron chi connectivity index (χ4n) is 3.84.